The number of carbonyl (C=O) groups excluding carboxylic acids is 1. The summed E-state index contributed by atoms with van der Waals surface area (Å²) in [5.74, 6) is 0.580. The number of ether oxygens (including phenoxy) is 1. The number of aryl methyl sites for hydroxylation is 1. The van der Waals surface area contributed by atoms with Crippen LogP contribution in [0.3, 0.4) is 0 Å². The number of benzene rings is 2. The molecule has 168 valence electrons. The van der Waals surface area contributed by atoms with Gasteiger partial charge in [0.05, 0.1) is 18.2 Å². The van der Waals surface area contributed by atoms with E-state index in [2.05, 4.69) is 11.9 Å². The number of allylic oxidation sites excluding steroid dienone is 1. The van der Waals surface area contributed by atoms with Crippen LogP contribution in [-0.2, 0) is 11.3 Å². The number of thioether (sulfide) groups is 1. The van der Waals surface area contributed by atoms with Crippen LogP contribution in [0.4, 0.5) is 5.69 Å². The van der Waals surface area contributed by atoms with Crippen LogP contribution in [0.1, 0.15) is 5.56 Å². The second-order valence-corrected chi connectivity index (χ2v) is 9.16. The quantitative estimate of drug-likeness (QED) is 0.210. The highest BCUT2D eigenvalue weighted by Gasteiger charge is 2.18. The third kappa shape index (κ3) is 5.02. The first-order valence-electron chi connectivity index (χ1n) is 10.3. The fraction of sp³-hybridized carbons (Fsp3) is 0.160. The second kappa shape index (κ2) is 10.1. The molecule has 1 amide bonds. The summed E-state index contributed by atoms with van der Waals surface area (Å²) in [5, 5.41) is 5.90. The number of thiophene rings is 1. The molecule has 2 heterocycles. The highest BCUT2D eigenvalue weighted by Crippen LogP contribution is 2.32. The predicted octanol–water partition coefficient (Wildman–Crippen LogP) is 5.36. The predicted molar refractivity (Wildman–Crippen MR) is 137 cm³/mol. The summed E-state index contributed by atoms with van der Waals surface area (Å²) in [6, 6.07) is 15.2. The molecule has 0 fully saturated rings. The maximum atomic E-state index is 13.4. The van der Waals surface area contributed by atoms with E-state index in [-0.39, 0.29) is 17.2 Å². The van der Waals surface area contributed by atoms with Crippen LogP contribution in [0.15, 0.2) is 76.5 Å². The van der Waals surface area contributed by atoms with Gasteiger partial charge in [0.25, 0.3) is 5.56 Å². The van der Waals surface area contributed by atoms with E-state index in [0.717, 1.165) is 16.7 Å². The lowest BCUT2D eigenvalue weighted by atomic mass is 10.1. The maximum absolute atomic E-state index is 13.4. The molecule has 0 saturated carbocycles. The smallest absolute Gasteiger partial charge is 0.263 e. The van der Waals surface area contributed by atoms with Gasteiger partial charge in [-0.3, -0.25) is 14.2 Å². The molecule has 0 unspecified atom stereocenters. The molecular formula is C25H23N3O3S2. The Morgan fingerprint density at radius 1 is 1.27 bits per heavy atom. The fourth-order valence-corrected chi connectivity index (χ4v) is 5.18. The number of fused-ring (bicyclic) bond motifs is 1. The molecule has 8 heteroatoms. The summed E-state index contributed by atoms with van der Waals surface area (Å²) < 4.78 is 6.76. The average molecular weight is 478 g/mol. The van der Waals surface area contributed by atoms with Crippen molar-refractivity contribution in [2.45, 2.75) is 18.6 Å². The van der Waals surface area contributed by atoms with Crippen LogP contribution in [0.2, 0.25) is 0 Å². The van der Waals surface area contributed by atoms with Gasteiger partial charge >= 0.3 is 0 Å². The minimum absolute atomic E-state index is 0.114. The van der Waals surface area contributed by atoms with E-state index in [1.165, 1.54) is 23.1 Å². The minimum Gasteiger partial charge on any atom is -0.497 e. The molecule has 1 N–H and O–H groups in total. The van der Waals surface area contributed by atoms with Crippen molar-refractivity contribution < 1.29 is 9.53 Å². The van der Waals surface area contributed by atoms with E-state index in [1.54, 1.807) is 36.0 Å². The normalized spacial score (nSPS) is 10.8. The molecule has 0 aliphatic heterocycles. The first-order valence-corrected chi connectivity index (χ1v) is 12.1. The Morgan fingerprint density at radius 3 is 2.79 bits per heavy atom. The molecular weight excluding hydrogens is 454 g/mol. The number of carbonyl (C=O) groups is 1. The SMILES string of the molecule is C=CCn1c(SCC(=O)Nc2cccc(OC)c2)nc2scc(-c3ccc(C)cc3)c2c1=O. The zero-order chi connectivity index (χ0) is 23.4. The van der Waals surface area contributed by atoms with Crippen LogP contribution in [0.5, 0.6) is 5.75 Å². The van der Waals surface area contributed by atoms with Gasteiger partial charge < -0.3 is 10.1 Å². The van der Waals surface area contributed by atoms with Crippen molar-refractivity contribution in [2.75, 3.05) is 18.2 Å². The molecule has 0 bridgehead atoms. The van der Waals surface area contributed by atoms with Crippen molar-refractivity contribution in [2.24, 2.45) is 0 Å². The Morgan fingerprint density at radius 2 is 2.06 bits per heavy atom. The van der Waals surface area contributed by atoms with E-state index < -0.39 is 0 Å². The summed E-state index contributed by atoms with van der Waals surface area (Å²) in [6.07, 6.45) is 1.66. The largest absolute Gasteiger partial charge is 0.497 e. The minimum atomic E-state index is -0.195. The van der Waals surface area contributed by atoms with E-state index >= 15 is 0 Å². The average Bonchev–Trinajstić information content (AvgIpc) is 3.24. The lowest BCUT2D eigenvalue weighted by Crippen LogP contribution is -2.23. The monoisotopic (exact) mass is 477 g/mol. The number of methoxy groups -OCH3 is 1. The van der Waals surface area contributed by atoms with Gasteiger partial charge in [0.1, 0.15) is 10.6 Å². The van der Waals surface area contributed by atoms with Gasteiger partial charge in [-0.2, -0.15) is 0 Å². The lowest BCUT2D eigenvalue weighted by molar-refractivity contribution is -0.113. The van der Waals surface area contributed by atoms with Gasteiger partial charge in [0, 0.05) is 29.2 Å². The van der Waals surface area contributed by atoms with Crippen molar-refractivity contribution >= 4 is 44.9 Å². The summed E-state index contributed by atoms with van der Waals surface area (Å²) in [4.78, 5) is 31.3. The van der Waals surface area contributed by atoms with Gasteiger partial charge in [-0.15, -0.1) is 17.9 Å². The molecule has 2 aromatic carbocycles. The van der Waals surface area contributed by atoms with Crippen molar-refractivity contribution in [1.82, 2.24) is 9.55 Å². The molecule has 6 nitrogen and oxygen atoms in total. The van der Waals surface area contributed by atoms with Gasteiger partial charge in [-0.1, -0.05) is 53.7 Å². The van der Waals surface area contributed by atoms with Crippen molar-refractivity contribution in [3.05, 3.63) is 82.5 Å². The van der Waals surface area contributed by atoms with Crippen molar-refractivity contribution in [1.29, 1.82) is 0 Å². The number of hydrogen-bond acceptors (Lipinski definition) is 6. The lowest BCUT2D eigenvalue weighted by Gasteiger charge is -2.11. The van der Waals surface area contributed by atoms with E-state index in [0.29, 0.717) is 33.4 Å². The zero-order valence-corrected chi connectivity index (χ0v) is 20.0. The number of nitrogens with zero attached hydrogens (tertiary/aromatic N) is 2. The molecule has 2 aromatic heterocycles. The molecule has 0 aliphatic carbocycles. The maximum Gasteiger partial charge on any atom is 0.263 e. The fourth-order valence-electron chi connectivity index (χ4n) is 3.38. The Kier molecular flexibility index (Phi) is 6.96. The topological polar surface area (TPSA) is 73.2 Å². The molecule has 4 aromatic rings. The van der Waals surface area contributed by atoms with Crippen LogP contribution in [0.25, 0.3) is 21.3 Å². The standard InChI is InChI=1S/C25H23N3O3S2/c1-4-12-28-24(30)22-20(17-10-8-16(2)9-11-17)14-32-23(22)27-25(28)33-15-21(29)26-18-6-5-7-19(13-18)31-3/h4-11,13-14H,1,12,15H2,2-3H3,(H,26,29). The molecule has 0 atom stereocenters. The van der Waals surface area contributed by atoms with Gasteiger partial charge in [-0.05, 0) is 24.6 Å². The Hall–Kier alpha value is -3.36. The number of aromatic nitrogens is 2. The zero-order valence-electron chi connectivity index (χ0n) is 18.3. The van der Waals surface area contributed by atoms with Crippen LogP contribution in [0, 0.1) is 6.92 Å². The highest BCUT2D eigenvalue weighted by atomic mass is 32.2. The number of hydrogen-bond donors (Lipinski definition) is 1. The summed E-state index contributed by atoms with van der Waals surface area (Å²) in [7, 11) is 1.58. The second-order valence-electron chi connectivity index (χ2n) is 7.36. The molecule has 0 radical (unpaired) electrons. The molecule has 0 saturated heterocycles. The summed E-state index contributed by atoms with van der Waals surface area (Å²) >= 11 is 2.66. The van der Waals surface area contributed by atoms with Gasteiger partial charge in [0.2, 0.25) is 5.91 Å². The van der Waals surface area contributed by atoms with E-state index in [4.69, 9.17) is 9.72 Å². The first-order chi connectivity index (χ1) is 16.0. The van der Waals surface area contributed by atoms with Crippen LogP contribution in [-0.4, -0.2) is 28.3 Å². The molecule has 0 aliphatic rings. The molecule has 0 spiro atoms. The van der Waals surface area contributed by atoms with E-state index in [9.17, 15) is 9.59 Å². The van der Waals surface area contributed by atoms with E-state index in [1.807, 2.05) is 42.6 Å². The number of anilines is 1. The molecule has 4 rings (SSSR count). The summed E-state index contributed by atoms with van der Waals surface area (Å²) in [6.45, 7) is 6.12. The molecule has 33 heavy (non-hydrogen) atoms. The third-order valence-electron chi connectivity index (χ3n) is 5.02. The Bertz CT molecular complexity index is 1370. The van der Waals surface area contributed by atoms with Crippen LogP contribution >= 0.6 is 23.1 Å². The number of amides is 1. The van der Waals surface area contributed by atoms with Crippen LogP contribution < -0.4 is 15.6 Å². The summed E-state index contributed by atoms with van der Waals surface area (Å²) in [5.41, 5.74) is 3.53. The van der Waals surface area contributed by atoms with Gasteiger partial charge in [0.15, 0.2) is 5.16 Å². The number of nitrogens with one attached hydrogen (secondary N) is 1. The van der Waals surface area contributed by atoms with Crippen molar-refractivity contribution in [3.63, 3.8) is 0 Å². The van der Waals surface area contributed by atoms with Crippen molar-refractivity contribution in [3.8, 4) is 16.9 Å². The Balaban J connectivity index is 1.61. The highest BCUT2D eigenvalue weighted by molar-refractivity contribution is 7.99. The number of rotatable bonds is 8. The Labute approximate surface area is 199 Å². The first kappa shape index (κ1) is 22.8. The van der Waals surface area contributed by atoms with Gasteiger partial charge in [-0.25, -0.2) is 4.98 Å². The third-order valence-corrected chi connectivity index (χ3v) is 6.87.